The van der Waals surface area contributed by atoms with E-state index in [4.69, 9.17) is 10.5 Å². The molecule has 1 amide bonds. The van der Waals surface area contributed by atoms with Gasteiger partial charge in [-0.1, -0.05) is 0 Å². The standard InChI is InChI=1S/C14H27N3O2/c1-14(2,3)19-13(18)17-12(9-4-5-9)8-16-11-6-10(15)7-11/h9-12,16H,4-8,15H2,1-3H3,(H,17,18). The largest absolute Gasteiger partial charge is 0.444 e. The van der Waals surface area contributed by atoms with Gasteiger partial charge in [0.2, 0.25) is 0 Å². The minimum atomic E-state index is -0.438. The molecule has 0 aromatic heterocycles. The lowest BCUT2D eigenvalue weighted by Crippen LogP contribution is -2.53. The summed E-state index contributed by atoms with van der Waals surface area (Å²) >= 11 is 0. The van der Waals surface area contributed by atoms with Gasteiger partial charge in [0, 0.05) is 24.7 Å². The summed E-state index contributed by atoms with van der Waals surface area (Å²) in [4.78, 5) is 11.8. The lowest BCUT2D eigenvalue weighted by molar-refractivity contribution is 0.0495. The molecule has 0 aromatic carbocycles. The summed E-state index contributed by atoms with van der Waals surface area (Å²) in [5.74, 6) is 0.605. The van der Waals surface area contributed by atoms with Gasteiger partial charge >= 0.3 is 6.09 Å². The van der Waals surface area contributed by atoms with Crippen LogP contribution < -0.4 is 16.4 Å². The fraction of sp³-hybridized carbons (Fsp3) is 0.929. The van der Waals surface area contributed by atoms with Gasteiger partial charge in [0.25, 0.3) is 0 Å². The average Bonchev–Trinajstić information content (AvgIpc) is 3.01. The van der Waals surface area contributed by atoms with Gasteiger partial charge in [-0.15, -0.1) is 0 Å². The number of nitrogens with two attached hydrogens (primary N) is 1. The zero-order chi connectivity index (χ0) is 14.0. The van der Waals surface area contributed by atoms with Crippen LogP contribution in [-0.2, 0) is 4.74 Å². The molecular weight excluding hydrogens is 242 g/mol. The maximum Gasteiger partial charge on any atom is 0.407 e. The molecule has 0 heterocycles. The van der Waals surface area contributed by atoms with Crippen molar-refractivity contribution in [1.82, 2.24) is 10.6 Å². The van der Waals surface area contributed by atoms with Crippen LogP contribution in [0.5, 0.6) is 0 Å². The molecular formula is C14H27N3O2. The Labute approximate surface area is 115 Å². The Balaban J connectivity index is 1.72. The number of rotatable bonds is 5. The van der Waals surface area contributed by atoms with Gasteiger partial charge in [0.1, 0.15) is 5.60 Å². The fourth-order valence-electron chi connectivity index (χ4n) is 2.42. The van der Waals surface area contributed by atoms with Crippen molar-refractivity contribution in [1.29, 1.82) is 0 Å². The van der Waals surface area contributed by atoms with Crippen molar-refractivity contribution < 1.29 is 9.53 Å². The first kappa shape index (κ1) is 14.6. The molecule has 2 aliphatic rings. The molecule has 0 spiro atoms. The highest BCUT2D eigenvalue weighted by molar-refractivity contribution is 5.68. The van der Waals surface area contributed by atoms with Crippen molar-refractivity contribution in [3.63, 3.8) is 0 Å². The summed E-state index contributed by atoms with van der Waals surface area (Å²) in [6.45, 7) is 6.47. The minimum absolute atomic E-state index is 0.187. The van der Waals surface area contributed by atoms with Gasteiger partial charge in [0.05, 0.1) is 0 Å². The first-order valence-electron chi connectivity index (χ1n) is 7.32. The van der Waals surface area contributed by atoms with Gasteiger partial charge in [-0.05, 0) is 52.4 Å². The van der Waals surface area contributed by atoms with Gasteiger partial charge < -0.3 is 21.1 Å². The van der Waals surface area contributed by atoms with Gasteiger partial charge in [-0.2, -0.15) is 0 Å². The zero-order valence-corrected chi connectivity index (χ0v) is 12.2. The third-order valence-electron chi connectivity index (χ3n) is 3.69. The van der Waals surface area contributed by atoms with Gasteiger partial charge in [0.15, 0.2) is 0 Å². The van der Waals surface area contributed by atoms with E-state index in [1.54, 1.807) is 0 Å². The summed E-state index contributed by atoms with van der Waals surface area (Å²) in [6.07, 6.45) is 4.18. The molecule has 2 fully saturated rings. The second-order valence-corrected chi connectivity index (χ2v) is 6.93. The molecule has 5 heteroatoms. The van der Waals surface area contributed by atoms with Crippen LogP contribution in [0, 0.1) is 5.92 Å². The fourth-order valence-corrected chi connectivity index (χ4v) is 2.42. The van der Waals surface area contributed by atoms with E-state index in [9.17, 15) is 4.79 Å². The zero-order valence-electron chi connectivity index (χ0n) is 12.2. The first-order chi connectivity index (χ1) is 8.83. The predicted molar refractivity (Wildman–Crippen MR) is 74.9 cm³/mol. The van der Waals surface area contributed by atoms with E-state index in [1.807, 2.05) is 20.8 Å². The summed E-state index contributed by atoms with van der Waals surface area (Å²) in [6, 6.07) is 1.07. The molecule has 110 valence electrons. The van der Waals surface area contributed by atoms with Crippen LogP contribution in [0.4, 0.5) is 4.79 Å². The Morgan fingerprint density at radius 3 is 2.47 bits per heavy atom. The Hall–Kier alpha value is -0.810. The van der Waals surface area contributed by atoms with E-state index in [0.717, 1.165) is 19.4 Å². The van der Waals surface area contributed by atoms with Crippen LogP contribution in [0.1, 0.15) is 46.5 Å². The molecule has 2 rings (SSSR count). The van der Waals surface area contributed by atoms with Crippen LogP contribution >= 0.6 is 0 Å². The van der Waals surface area contributed by atoms with Crippen LogP contribution in [0.2, 0.25) is 0 Å². The van der Waals surface area contributed by atoms with E-state index in [0.29, 0.717) is 18.0 Å². The lowest BCUT2D eigenvalue weighted by atomic mass is 9.87. The molecule has 0 bridgehead atoms. The lowest BCUT2D eigenvalue weighted by Gasteiger charge is -2.34. The van der Waals surface area contributed by atoms with Crippen LogP contribution in [0.15, 0.2) is 0 Å². The van der Waals surface area contributed by atoms with E-state index in [1.165, 1.54) is 12.8 Å². The molecule has 0 aliphatic heterocycles. The molecule has 2 saturated carbocycles. The van der Waals surface area contributed by atoms with E-state index in [-0.39, 0.29) is 12.1 Å². The van der Waals surface area contributed by atoms with Crippen molar-refractivity contribution in [2.24, 2.45) is 11.7 Å². The van der Waals surface area contributed by atoms with Crippen molar-refractivity contribution >= 4 is 6.09 Å². The normalized spacial score (nSPS) is 28.4. The van der Waals surface area contributed by atoms with Crippen molar-refractivity contribution in [2.75, 3.05) is 6.54 Å². The quantitative estimate of drug-likeness (QED) is 0.704. The number of hydrogen-bond acceptors (Lipinski definition) is 4. The molecule has 0 aromatic rings. The summed E-state index contributed by atoms with van der Waals surface area (Å²) < 4.78 is 5.31. The van der Waals surface area contributed by atoms with Crippen LogP contribution in [-0.4, -0.2) is 36.4 Å². The van der Waals surface area contributed by atoms with E-state index < -0.39 is 5.60 Å². The maximum atomic E-state index is 11.8. The minimum Gasteiger partial charge on any atom is -0.444 e. The molecule has 19 heavy (non-hydrogen) atoms. The highest BCUT2D eigenvalue weighted by Crippen LogP contribution is 2.32. The van der Waals surface area contributed by atoms with E-state index in [2.05, 4.69) is 10.6 Å². The number of nitrogens with one attached hydrogen (secondary N) is 2. The topological polar surface area (TPSA) is 76.4 Å². The molecule has 0 saturated heterocycles. The number of amides is 1. The molecule has 0 radical (unpaired) electrons. The Bertz CT molecular complexity index is 317. The number of carbonyl (C=O) groups excluding carboxylic acids is 1. The summed E-state index contributed by atoms with van der Waals surface area (Å²) in [5.41, 5.74) is 5.33. The second-order valence-electron chi connectivity index (χ2n) is 6.93. The molecule has 1 unspecified atom stereocenters. The average molecular weight is 269 g/mol. The molecule has 4 N–H and O–H groups in total. The molecule has 2 aliphatic carbocycles. The molecule has 1 atom stereocenters. The van der Waals surface area contributed by atoms with Crippen LogP contribution in [0.3, 0.4) is 0 Å². The number of carbonyl (C=O) groups is 1. The second kappa shape index (κ2) is 5.67. The summed E-state index contributed by atoms with van der Waals surface area (Å²) in [5, 5.41) is 6.48. The number of alkyl carbamates (subject to hydrolysis) is 1. The van der Waals surface area contributed by atoms with Crippen LogP contribution in [0.25, 0.3) is 0 Å². The highest BCUT2D eigenvalue weighted by atomic mass is 16.6. The highest BCUT2D eigenvalue weighted by Gasteiger charge is 2.34. The summed E-state index contributed by atoms with van der Waals surface area (Å²) in [7, 11) is 0. The smallest absolute Gasteiger partial charge is 0.407 e. The predicted octanol–water partition coefficient (Wildman–Crippen LogP) is 1.37. The Morgan fingerprint density at radius 2 is 2.00 bits per heavy atom. The van der Waals surface area contributed by atoms with Gasteiger partial charge in [-0.3, -0.25) is 0 Å². The SMILES string of the molecule is CC(C)(C)OC(=O)NC(CNC1CC(N)C1)C1CC1. The third kappa shape index (κ3) is 4.99. The van der Waals surface area contributed by atoms with E-state index >= 15 is 0 Å². The Kier molecular flexibility index (Phi) is 4.36. The van der Waals surface area contributed by atoms with Crippen molar-refractivity contribution in [3.8, 4) is 0 Å². The number of ether oxygens (including phenoxy) is 1. The Morgan fingerprint density at radius 1 is 1.37 bits per heavy atom. The number of hydrogen-bond donors (Lipinski definition) is 3. The molecule has 5 nitrogen and oxygen atoms in total. The maximum absolute atomic E-state index is 11.8. The first-order valence-corrected chi connectivity index (χ1v) is 7.32. The third-order valence-corrected chi connectivity index (χ3v) is 3.69. The van der Waals surface area contributed by atoms with Crippen molar-refractivity contribution in [2.45, 2.75) is 70.2 Å². The van der Waals surface area contributed by atoms with Gasteiger partial charge in [-0.25, -0.2) is 4.79 Å². The van der Waals surface area contributed by atoms with Crippen molar-refractivity contribution in [3.05, 3.63) is 0 Å². The monoisotopic (exact) mass is 269 g/mol.